The molecule has 0 amide bonds. The molecule has 4 rings (SSSR count). The minimum absolute atomic E-state index is 0.520. The van der Waals surface area contributed by atoms with Crippen LogP contribution in [0.4, 0.5) is 0 Å². The van der Waals surface area contributed by atoms with E-state index in [-0.39, 0.29) is 0 Å². The summed E-state index contributed by atoms with van der Waals surface area (Å²) in [6, 6.07) is 7.13. The maximum atomic E-state index is 5.97. The lowest BCUT2D eigenvalue weighted by atomic mass is 10.0. The molecule has 0 bridgehead atoms. The third-order valence-corrected chi connectivity index (χ3v) is 5.13. The summed E-state index contributed by atoms with van der Waals surface area (Å²) in [5.74, 6) is 1.86. The fourth-order valence-electron chi connectivity index (χ4n) is 3.95. The summed E-state index contributed by atoms with van der Waals surface area (Å²) >= 11 is 0. The van der Waals surface area contributed by atoms with Crippen molar-refractivity contribution in [2.24, 2.45) is 0 Å². The number of piperazine rings is 1. The van der Waals surface area contributed by atoms with Crippen LogP contribution in [0.25, 0.3) is 11.5 Å². The second-order valence-corrected chi connectivity index (χ2v) is 6.84. The normalized spacial score (nSPS) is 25.7. The number of morpholine rings is 1. The Morgan fingerprint density at radius 2 is 2.21 bits per heavy atom. The van der Waals surface area contributed by atoms with Gasteiger partial charge in [0.05, 0.1) is 19.8 Å². The predicted octanol–water partition coefficient (Wildman–Crippen LogP) is 2.35. The fourth-order valence-corrected chi connectivity index (χ4v) is 3.95. The maximum Gasteiger partial charge on any atom is 0.152 e. The Balaban J connectivity index is 1.37. The lowest BCUT2D eigenvalue weighted by molar-refractivity contribution is -0.0847. The standard InChI is InChI=1S/C18H26N4O2/c1-2-3-14-12-23-13-15-10-21(8-9-22(14)15)11-16-4-5-18(24-16)17-6-7-19-20-17/h4-7,14-15H,2-3,8-13H2,1H3,(H,19,20)/t14-,15+/m0/s1. The highest BCUT2D eigenvalue weighted by molar-refractivity contribution is 5.51. The number of H-pyrrole nitrogens is 1. The number of aromatic nitrogens is 2. The highest BCUT2D eigenvalue weighted by atomic mass is 16.5. The number of nitrogens with one attached hydrogen (secondary N) is 1. The van der Waals surface area contributed by atoms with Crippen molar-refractivity contribution in [3.63, 3.8) is 0 Å². The zero-order valence-corrected chi connectivity index (χ0v) is 14.3. The molecule has 24 heavy (non-hydrogen) atoms. The van der Waals surface area contributed by atoms with Gasteiger partial charge in [0.1, 0.15) is 11.5 Å². The van der Waals surface area contributed by atoms with Crippen LogP contribution in [0.1, 0.15) is 25.5 Å². The third-order valence-electron chi connectivity index (χ3n) is 5.13. The molecule has 6 nitrogen and oxygen atoms in total. The van der Waals surface area contributed by atoms with Crippen LogP contribution in [-0.2, 0) is 11.3 Å². The molecular weight excluding hydrogens is 304 g/mol. The molecule has 6 heteroatoms. The van der Waals surface area contributed by atoms with Crippen molar-refractivity contribution >= 4 is 0 Å². The van der Waals surface area contributed by atoms with Gasteiger partial charge in [-0.25, -0.2) is 0 Å². The Bertz CT molecular complexity index is 637. The molecule has 2 aromatic rings. The van der Waals surface area contributed by atoms with Crippen molar-refractivity contribution in [2.75, 3.05) is 32.8 Å². The number of rotatable bonds is 5. The van der Waals surface area contributed by atoms with Crippen molar-refractivity contribution in [3.05, 3.63) is 30.2 Å². The van der Waals surface area contributed by atoms with Gasteiger partial charge in [-0.1, -0.05) is 13.3 Å². The second-order valence-electron chi connectivity index (χ2n) is 6.84. The van der Waals surface area contributed by atoms with Gasteiger partial charge >= 0.3 is 0 Å². The molecule has 0 aliphatic carbocycles. The highest BCUT2D eigenvalue weighted by Crippen LogP contribution is 2.24. The maximum absolute atomic E-state index is 5.97. The third kappa shape index (κ3) is 3.27. The Labute approximate surface area is 142 Å². The van der Waals surface area contributed by atoms with Crippen LogP contribution >= 0.6 is 0 Å². The van der Waals surface area contributed by atoms with Crippen LogP contribution in [0.2, 0.25) is 0 Å². The van der Waals surface area contributed by atoms with E-state index in [9.17, 15) is 0 Å². The molecule has 0 unspecified atom stereocenters. The van der Waals surface area contributed by atoms with E-state index in [1.165, 1.54) is 12.8 Å². The Morgan fingerprint density at radius 1 is 1.25 bits per heavy atom. The van der Waals surface area contributed by atoms with E-state index in [4.69, 9.17) is 9.15 Å². The van der Waals surface area contributed by atoms with Gasteiger partial charge in [0.15, 0.2) is 5.76 Å². The van der Waals surface area contributed by atoms with E-state index in [0.29, 0.717) is 12.1 Å². The van der Waals surface area contributed by atoms with Gasteiger partial charge in [-0.3, -0.25) is 14.9 Å². The minimum atomic E-state index is 0.520. The minimum Gasteiger partial charge on any atom is -0.458 e. The highest BCUT2D eigenvalue weighted by Gasteiger charge is 2.35. The number of nitrogens with zero attached hydrogens (tertiary/aromatic N) is 3. The van der Waals surface area contributed by atoms with Crippen LogP contribution < -0.4 is 0 Å². The summed E-state index contributed by atoms with van der Waals surface area (Å²) in [4.78, 5) is 5.15. The molecular formula is C18H26N4O2. The van der Waals surface area contributed by atoms with Crippen molar-refractivity contribution in [3.8, 4) is 11.5 Å². The second kappa shape index (κ2) is 7.09. The first kappa shape index (κ1) is 15.9. The van der Waals surface area contributed by atoms with Crippen LogP contribution in [0.15, 0.2) is 28.8 Å². The van der Waals surface area contributed by atoms with Gasteiger partial charge in [0.2, 0.25) is 0 Å². The van der Waals surface area contributed by atoms with Crippen molar-refractivity contribution in [1.82, 2.24) is 20.0 Å². The number of fused-ring (bicyclic) bond motifs is 1. The molecule has 0 radical (unpaired) electrons. The molecule has 0 saturated carbocycles. The fraction of sp³-hybridized carbons (Fsp3) is 0.611. The monoisotopic (exact) mass is 330 g/mol. The summed E-state index contributed by atoms with van der Waals surface area (Å²) in [7, 11) is 0. The van der Waals surface area contributed by atoms with Gasteiger partial charge in [0, 0.05) is 37.9 Å². The van der Waals surface area contributed by atoms with E-state index in [1.54, 1.807) is 6.20 Å². The molecule has 2 aromatic heterocycles. The SMILES string of the molecule is CCC[C@H]1COC[C@H]2CN(Cc3ccc(-c4ccn[nH]4)o3)CCN12. The van der Waals surface area contributed by atoms with Crippen molar-refractivity contribution in [2.45, 2.75) is 38.4 Å². The molecule has 2 atom stereocenters. The molecule has 2 aliphatic heterocycles. The average Bonchev–Trinajstić information content (AvgIpc) is 3.26. The predicted molar refractivity (Wildman–Crippen MR) is 91.6 cm³/mol. The first-order valence-electron chi connectivity index (χ1n) is 8.98. The van der Waals surface area contributed by atoms with Crippen molar-refractivity contribution in [1.29, 1.82) is 0 Å². The van der Waals surface area contributed by atoms with Crippen LogP contribution in [-0.4, -0.2) is 64.9 Å². The van der Waals surface area contributed by atoms with E-state index in [2.05, 4.69) is 33.0 Å². The molecule has 4 heterocycles. The number of aromatic amines is 1. The van der Waals surface area contributed by atoms with Crippen LogP contribution in [0.3, 0.4) is 0 Å². The topological polar surface area (TPSA) is 57.5 Å². The van der Waals surface area contributed by atoms with Gasteiger partial charge in [-0.15, -0.1) is 0 Å². The lowest BCUT2D eigenvalue weighted by Gasteiger charge is -2.48. The number of ether oxygens (including phenoxy) is 1. The summed E-state index contributed by atoms with van der Waals surface area (Å²) in [5, 5.41) is 6.92. The Kier molecular flexibility index (Phi) is 4.69. The van der Waals surface area contributed by atoms with E-state index >= 15 is 0 Å². The average molecular weight is 330 g/mol. The molecule has 2 fully saturated rings. The zero-order valence-electron chi connectivity index (χ0n) is 14.3. The Hall–Kier alpha value is -1.63. The quantitative estimate of drug-likeness (QED) is 0.912. The van der Waals surface area contributed by atoms with E-state index in [1.807, 2.05) is 12.1 Å². The van der Waals surface area contributed by atoms with Gasteiger partial charge in [0.25, 0.3) is 0 Å². The largest absolute Gasteiger partial charge is 0.458 e. The number of hydrogen-bond donors (Lipinski definition) is 1. The molecule has 2 saturated heterocycles. The zero-order chi connectivity index (χ0) is 16.4. The molecule has 0 aromatic carbocycles. The van der Waals surface area contributed by atoms with E-state index in [0.717, 1.165) is 56.6 Å². The first-order valence-corrected chi connectivity index (χ1v) is 8.98. The van der Waals surface area contributed by atoms with Crippen LogP contribution in [0.5, 0.6) is 0 Å². The lowest BCUT2D eigenvalue weighted by Crippen LogP contribution is -2.61. The number of hydrogen-bond acceptors (Lipinski definition) is 5. The molecule has 2 aliphatic rings. The number of furan rings is 1. The summed E-state index contributed by atoms with van der Waals surface area (Å²) in [5.41, 5.74) is 0.925. The summed E-state index contributed by atoms with van der Waals surface area (Å²) in [6.45, 7) is 8.15. The first-order chi connectivity index (χ1) is 11.8. The van der Waals surface area contributed by atoms with Crippen LogP contribution in [0, 0.1) is 0 Å². The Morgan fingerprint density at radius 3 is 3.04 bits per heavy atom. The van der Waals surface area contributed by atoms with Crippen molar-refractivity contribution < 1.29 is 9.15 Å². The smallest absolute Gasteiger partial charge is 0.152 e. The molecule has 1 N–H and O–H groups in total. The molecule has 0 spiro atoms. The summed E-state index contributed by atoms with van der Waals surface area (Å²) in [6.07, 6.45) is 4.21. The van der Waals surface area contributed by atoms with Gasteiger partial charge in [-0.2, -0.15) is 5.10 Å². The van der Waals surface area contributed by atoms with E-state index < -0.39 is 0 Å². The summed E-state index contributed by atoms with van der Waals surface area (Å²) < 4.78 is 11.8. The van der Waals surface area contributed by atoms with Gasteiger partial charge in [-0.05, 0) is 24.6 Å². The molecule has 130 valence electrons. The van der Waals surface area contributed by atoms with Gasteiger partial charge < -0.3 is 9.15 Å².